The fourth-order valence-electron chi connectivity index (χ4n) is 2.11. The lowest BCUT2D eigenvalue weighted by atomic mass is 9.93. The Morgan fingerprint density at radius 2 is 2.11 bits per heavy atom. The van der Waals surface area contributed by atoms with E-state index in [2.05, 4.69) is 5.32 Å². The Labute approximate surface area is 113 Å². The lowest BCUT2D eigenvalue weighted by molar-refractivity contribution is -0.131. The summed E-state index contributed by atoms with van der Waals surface area (Å²) < 4.78 is 5.21. The van der Waals surface area contributed by atoms with Crippen LogP contribution in [0.2, 0.25) is 0 Å². The molecule has 1 aliphatic rings. The molecule has 0 bridgehead atoms. The van der Waals surface area contributed by atoms with Gasteiger partial charge in [-0.3, -0.25) is 4.79 Å². The summed E-state index contributed by atoms with van der Waals surface area (Å²) in [5, 5.41) is 12.3. The van der Waals surface area contributed by atoms with Gasteiger partial charge in [0.05, 0.1) is 12.7 Å². The van der Waals surface area contributed by atoms with Gasteiger partial charge in [0.2, 0.25) is 5.91 Å². The summed E-state index contributed by atoms with van der Waals surface area (Å²) in [5.74, 6) is -0.284. The maximum atomic E-state index is 12.2. The Hall–Kier alpha value is -1.39. The zero-order valence-corrected chi connectivity index (χ0v) is 11.4. The van der Waals surface area contributed by atoms with Crippen molar-refractivity contribution in [2.24, 2.45) is 5.92 Å². The van der Waals surface area contributed by atoms with E-state index in [0.29, 0.717) is 12.8 Å². The summed E-state index contributed by atoms with van der Waals surface area (Å²) in [6.45, 7) is 3.87. The molecule has 19 heavy (non-hydrogen) atoms. The number of ether oxygens (including phenoxy) is 1. The van der Waals surface area contributed by atoms with E-state index in [1.807, 2.05) is 30.3 Å². The largest absolute Gasteiger partial charge is 0.373 e. The van der Waals surface area contributed by atoms with Gasteiger partial charge >= 0.3 is 0 Å². The molecular formula is C15H21NO3. The van der Waals surface area contributed by atoms with Gasteiger partial charge in [-0.05, 0) is 32.3 Å². The molecule has 1 heterocycles. The van der Waals surface area contributed by atoms with Gasteiger partial charge in [-0.25, -0.2) is 0 Å². The fraction of sp³-hybridized carbons (Fsp3) is 0.533. The quantitative estimate of drug-likeness (QED) is 0.603. The molecule has 0 aromatic heterocycles. The zero-order valence-electron chi connectivity index (χ0n) is 11.4. The van der Waals surface area contributed by atoms with E-state index in [1.54, 1.807) is 13.8 Å². The molecule has 1 fully saturated rings. The van der Waals surface area contributed by atoms with Gasteiger partial charge in [0.15, 0.2) is 0 Å². The second-order valence-corrected chi connectivity index (χ2v) is 5.63. The first kappa shape index (κ1) is 14.0. The topological polar surface area (TPSA) is 61.9 Å². The monoisotopic (exact) mass is 263 g/mol. The Balaban J connectivity index is 2.00. The van der Waals surface area contributed by atoms with Crippen LogP contribution in [0.1, 0.15) is 25.8 Å². The highest BCUT2D eigenvalue weighted by molar-refractivity contribution is 5.79. The van der Waals surface area contributed by atoms with E-state index in [4.69, 9.17) is 4.74 Å². The highest BCUT2D eigenvalue weighted by Crippen LogP contribution is 2.23. The summed E-state index contributed by atoms with van der Waals surface area (Å²) in [4.78, 5) is 12.2. The highest BCUT2D eigenvalue weighted by atomic mass is 16.6. The van der Waals surface area contributed by atoms with E-state index in [1.165, 1.54) is 0 Å². The summed E-state index contributed by atoms with van der Waals surface area (Å²) in [6, 6.07) is 9.91. The third-order valence-electron chi connectivity index (χ3n) is 3.07. The normalized spacial score (nSPS) is 19.8. The Bertz CT molecular complexity index is 421. The number of hydrogen-bond donors (Lipinski definition) is 2. The molecule has 4 nitrogen and oxygen atoms in total. The molecule has 1 amide bonds. The van der Waals surface area contributed by atoms with Crippen molar-refractivity contribution in [3.63, 3.8) is 0 Å². The first-order valence-electron chi connectivity index (χ1n) is 6.64. The fourth-order valence-corrected chi connectivity index (χ4v) is 2.11. The van der Waals surface area contributed by atoms with Crippen molar-refractivity contribution in [3.8, 4) is 0 Å². The van der Waals surface area contributed by atoms with Gasteiger partial charge in [-0.2, -0.15) is 0 Å². The van der Waals surface area contributed by atoms with Crippen LogP contribution in [0.4, 0.5) is 0 Å². The average molecular weight is 263 g/mol. The van der Waals surface area contributed by atoms with Crippen molar-refractivity contribution in [2.45, 2.75) is 38.5 Å². The molecule has 0 saturated carbocycles. The minimum atomic E-state index is -1.18. The Morgan fingerprint density at radius 3 is 2.63 bits per heavy atom. The molecule has 1 aromatic carbocycles. The maximum Gasteiger partial charge on any atom is 0.225 e. The molecule has 1 aromatic rings. The Kier molecular flexibility index (Phi) is 4.22. The van der Waals surface area contributed by atoms with Gasteiger partial charge in [-0.15, -0.1) is 0 Å². The van der Waals surface area contributed by atoms with Gasteiger partial charge in [-0.1, -0.05) is 30.3 Å². The summed E-state index contributed by atoms with van der Waals surface area (Å²) in [5.41, 5.74) is -0.0600. The molecule has 2 N–H and O–H groups in total. The van der Waals surface area contributed by atoms with E-state index in [-0.39, 0.29) is 17.9 Å². The van der Waals surface area contributed by atoms with Gasteiger partial charge in [0.25, 0.3) is 0 Å². The standard InChI is InChI=1S/C15H21NO3/c1-15(2,18)16-14(17)12(9-13-10-19-13)8-11-6-4-3-5-7-11/h3-7,12-13,18H,8-10H2,1-2H3,(H,16,17)/t12-,13?/m1/s1. The SMILES string of the molecule is CC(C)(O)NC(=O)[C@H](Cc1ccccc1)CC1CO1. The van der Waals surface area contributed by atoms with Crippen molar-refractivity contribution in [3.05, 3.63) is 35.9 Å². The van der Waals surface area contributed by atoms with E-state index < -0.39 is 5.72 Å². The summed E-state index contributed by atoms with van der Waals surface area (Å²) in [6.07, 6.45) is 1.57. The van der Waals surface area contributed by atoms with Crippen LogP contribution >= 0.6 is 0 Å². The average Bonchev–Trinajstić information content (AvgIpc) is 3.11. The summed E-state index contributed by atoms with van der Waals surface area (Å²) in [7, 11) is 0. The number of carbonyl (C=O) groups is 1. The van der Waals surface area contributed by atoms with Gasteiger partial charge < -0.3 is 15.2 Å². The maximum absolute atomic E-state index is 12.2. The summed E-state index contributed by atoms with van der Waals surface area (Å²) >= 11 is 0. The molecule has 104 valence electrons. The van der Waals surface area contributed by atoms with Crippen LogP contribution in [0.15, 0.2) is 30.3 Å². The number of rotatable bonds is 6. The lowest BCUT2D eigenvalue weighted by Gasteiger charge is -2.23. The van der Waals surface area contributed by atoms with E-state index in [0.717, 1.165) is 12.2 Å². The van der Waals surface area contributed by atoms with Crippen molar-refractivity contribution in [2.75, 3.05) is 6.61 Å². The number of carbonyl (C=O) groups excluding carboxylic acids is 1. The van der Waals surface area contributed by atoms with Crippen molar-refractivity contribution in [1.82, 2.24) is 5.32 Å². The predicted octanol–water partition coefficient (Wildman–Crippen LogP) is 1.48. The molecular weight excluding hydrogens is 242 g/mol. The number of benzene rings is 1. The van der Waals surface area contributed by atoms with Crippen LogP contribution < -0.4 is 5.32 Å². The molecule has 0 spiro atoms. The molecule has 4 heteroatoms. The highest BCUT2D eigenvalue weighted by Gasteiger charge is 2.32. The van der Waals surface area contributed by atoms with Crippen molar-refractivity contribution < 1.29 is 14.6 Å². The number of amides is 1. The number of hydrogen-bond acceptors (Lipinski definition) is 3. The molecule has 2 rings (SSSR count). The third-order valence-corrected chi connectivity index (χ3v) is 3.07. The van der Waals surface area contributed by atoms with E-state index in [9.17, 15) is 9.90 Å². The Morgan fingerprint density at radius 1 is 1.47 bits per heavy atom. The second kappa shape index (κ2) is 5.72. The van der Waals surface area contributed by atoms with E-state index >= 15 is 0 Å². The van der Waals surface area contributed by atoms with Gasteiger partial charge in [0.1, 0.15) is 5.72 Å². The molecule has 0 radical (unpaired) electrons. The molecule has 2 atom stereocenters. The molecule has 1 saturated heterocycles. The van der Waals surface area contributed by atoms with Crippen LogP contribution in [-0.4, -0.2) is 29.4 Å². The van der Waals surface area contributed by atoms with Crippen LogP contribution in [-0.2, 0) is 16.0 Å². The van der Waals surface area contributed by atoms with Crippen molar-refractivity contribution >= 4 is 5.91 Å². The van der Waals surface area contributed by atoms with Gasteiger partial charge in [0, 0.05) is 5.92 Å². The first-order chi connectivity index (χ1) is 8.94. The minimum absolute atomic E-state index is 0.119. The first-order valence-corrected chi connectivity index (χ1v) is 6.64. The molecule has 1 unspecified atom stereocenters. The van der Waals surface area contributed by atoms with Crippen LogP contribution in [0, 0.1) is 5.92 Å². The number of nitrogens with one attached hydrogen (secondary N) is 1. The minimum Gasteiger partial charge on any atom is -0.373 e. The predicted molar refractivity (Wildman–Crippen MR) is 72.4 cm³/mol. The van der Waals surface area contributed by atoms with Crippen LogP contribution in [0.5, 0.6) is 0 Å². The van der Waals surface area contributed by atoms with Crippen LogP contribution in [0.3, 0.4) is 0 Å². The second-order valence-electron chi connectivity index (χ2n) is 5.63. The number of aliphatic hydroxyl groups is 1. The zero-order chi connectivity index (χ0) is 13.9. The van der Waals surface area contributed by atoms with Crippen LogP contribution in [0.25, 0.3) is 0 Å². The smallest absolute Gasteiger partial charge is 0.225 e. The van der Waals surface area contributed by atoms with Crippen molar-refractivity contribution in [1.29, 1.82) is 0 Å². The lowest BCUT2D eigenvalue weighted by Crippen LogP contribution is -2.46. The molecule has 0 aliphatic carbocycles. The number of epoxide rings is 1. The molecule has 1 aliphatic heterocycles. The third kappa shape index (κ3) is 5.01.